The highest BCUT2D eigenvalue weighted by Crippen LogP contribution is 2.35. The average Bonchev–Trinajstić information content (AvgIpc) is 2.91. The molecule has 0 aliphatic rings. The SMILES string of the molecule is Cc1ccc(S(=O)(=O)c2nc(Nc3ccc(Br)cc3)sc2Cl)cc1. The highest BCUT2D eigenvalue weighted by Gasteiger charge is 2.25. The Hall–Kier alpha value is -1.41. The van der Waals surface area contributed by atoms with E-state index >= 15 is 0 Å². The summed E-state index contributed by atoms with van der Waals surface area (Å²) in [5.74, 6) is 0. The topological polar surface area (TPSA) is 59.1 Å². The first kappa shape index (κ1) is 17.4. The molecule has 0 unspecified atom stereocenters. The van der Waals surface area contributed by atoms with Crippen molar-refractivity contribution in [3.8, 4) is 0 Å². The Kier molecular flexibility index (Phi) is 4.96. The molecule has 0 radical (unpaired) electrons. The zero-order valence-electron chi connectivity index (χ0n) is 12.5. The zero-order chi connectivity index (χ0) is 17.3. The molecular formula is C16H12BrClN2O2S2. The average molecular weight is 444 g/mol. The number of nitrogens with zero attached hydrogens (tertiary/aromatic N) is 1. The van der Waals surface area contributed by atoms with E-state index in [2.05, 4.69) is 26.2 Å². The summed E-state index contributed by atoms with van der Waals surface area (Å²) >= 11 is 10.6. The van der Waals surface area contributed by atoms with Crippen molar-refractivity contribution in [3.63, 3.8) is 0 Å². The quantitative estimate of drug-likeness (QED) is 0.583. The summed E-state index contributed by atoms with van der Waals surface area (Å²) in [4.78, 5) is 4.35. The fourth-order valence-electron chi connectivity index (χ4n) is 1.99. The van der Waals surface area contributed by atoms with Gasteiger partial charge in [0.25, 0.3) is 0 Å². The standard InChI is InChI=1S/C16H12BrClN2O2S2/c1-10-2-8-13(9-3-10)24(21,22)15-14(18)23-16(20-15)19-12-6-4-11(17)5-7-12/h2-9H,1H3,(H,19,20). The van der Waals surface area contributed by atoms with Gasteiger partial charge in [-0.3, -0.25) is 0 Å². The van der Waals surface area contributed by atoms with Crippen LogP contribution in [0.3, 0.4) is 0 Å². The minimum atomic E-state index is -3.74. The molecule has 3 aromatic rings. The molecule has 0 amide bonds. The summed E-state index contributed by atoms with van der Waals surface area (Å²) in [5, 5.41) is 3.36. The molecule has 124 valence electrons. The number of halogens is 2. The maximum atomic E-state index is 12.7. The van der Waals surface area contributed by atoms with Crippen LogP contribution in [0.5, 0.6) is 0 Å². The number of aryl methyl sites for hydroxylation is 1. The first-order chi connectivity index (χ1) is 11.4. The van der Waals surface area contributed by atoms with Gasteiger partial charge < -0.3 is 5.32 Å². The molecule has 1 heterocycles. The molecule has 1 aromatic heterocycles. The van der Waals surface area contributed by atoms with E-state index in [-0.39, 0.29) is 14.3 Å². The number of anilines is 2. The van der Waals surface area contributed by atoms with Crippen LogP contribution >= 0.6 is 38.9 Å². The summed E-state index contributed by atoms with van der Waals surface area (Å²) < 4.78 is 26.5. The molecule has 4 nitrogen and oxygen atoms in total. The predicted octanol–water partition coefficient (Wildman–Crippen LogP) is 5.44. The summed E-state index contributed by atoms with van der Waals surface area (Å²) in [6, 6.07) is 14.1. The van der Waals surface area contributed by atoms with Gasteiger partial charge in [-0.05, 0) is 43.3 Å². The van der Waals surface area contributed by atoms with E-state index in [0.717, 1.165) is 27.1 Å². The molecule has 2 aromatic carbocycles. The van der Waals surface area contributed by atoms with Gasteiger partial charge in [-0.2, -0.15) is 0 Å². The molecule has 3 rings (SSSR count). The normalized spacial score (nSPS) is 11.5. The molecule has 0 bridgehead atoms. The molecule has 0 aliphatic carbocycles. The molecule has 24 heavy (non-hydrogen) atoms. The van der Waals surface area contributed by atoms with Gasteiger partial charge >= 0.3 is 0 Å². The second-order valence-electron chi connectivity index (χ2n) is 5.05. The Morgan fingerprint density at radius 1 is 1.08 bits per heavy atom. The van der Waals surface area contributed by atoms with Crippen LogP contribution in [0.25, 0.3) is 0 Å². The van der Waals surface area contributed by atoms with Crippen LogP contribution in [0, 0.1) is 6.92 Å². The molecule has 0 spiro atoms. The minimum Gasteiger partial charge on any atom is -0.331 e. The second-order valence-corrected chi connectivity index (χ2v) is 9.43. The number of benzene rings is 2. The van der Waals surface area contributed by atoms with Crippen LogP contribution in [0.1, 0.15) is 5.56 Å². The Bertz CT molecular complexity index is 968. The van der Waals surface area contributed by atoms with Crippen molar-refractivity contribution in [3.05, 3.63) is 62.9 Å². The summed E-state index contributed by atoms with van der Waals surface area (Å²) in [7, 11) is -3.74. The molecule has 0 saturated heterocycles. The highest BCUT2D eigenvalue weighted by molar-refractivity contribution is 9.10. The van der Waals surface area contributed by atoms with Gasteiger partial charge in [0, 0.05) is 10.2 Å². The van der Waals surface area contributed by atoms with E-state index in [1.54, 1.807) is 24.3 Å². The number of rotatable bonds is 4. The fourth-order valence-corrected chi connectivity index (χ4v) is 5.08. The van der Waals surface area contributed by atoms with Gasteiger partial charge in [0.1, 0.15) is 4.34 Å². The smallest absolute Gasteiger partial charge is 0.226 e. The molecule has 0 atom stereocenters. The van der Waals surface area contributed by atoms with Crippen LogP contribution < -0.4 is 5.32 Å². The maximum absolute atomic E-state index is 12.7. The molecule has 0 fully saturated rings. The van der Waals surface area contributed by atoms with Crippen molar-refractivity contribution in [2.24, 2.45) is 0 Å². The first-order valence-electron chi connectivity index (χ1n) is 6.87. The van der Waals surface area contributed by atoms with E-state index in [4.69, 9.17) is 11.6 Å². The number of hydrogen-bond donors (Lipinski definition) is 1. The molecular weight excluding hydrogens is 432 g/mol. The number of nitrogens with one attached hydrogen (secondary N) is 1. The lowest BCUT2D eigenvalue weighted by molar-refractivity contribution is 0.593. The van der Waals surface area contributed by atoms with Crippen molar-refractivity contribution in [1.82, 2.24) is 4.98 Å². The number of hydrogen-bond acceptors (Lipinski definition) is 5. The Labute approximate surface area is 157 Å². The summed E-state index contributed by atoms with van der Waals surface area (Å²) in [6.45, 7) is 1.90. The Balaban J connectivity index is 1.93. The molecule has 0 saturated carbocycles. The summed E-state index contributed by atoms with van der Waals surface area (Å²) in [6.07, 6.45) is 0. The van der Waals surface area contributed by atoms with Crippen molar-refractivity contribution in [1.29, 1.82) is 0 Å². The number of thiazole rings is 1. The molecule has 1 N–H and O–H groups in total. The summed E-state index contributed by atoms with van der Waals surface area (Å²) in [5.41, 5.74) is 1.78. The van der Waals surface area contributed by atoms with E-state index in [1.807, 2.05) is 31.2 Å². The lowest BCUT2D eigenvalue weighted by atomic mass is 10.2. The number of aromatic nitrogens is 1. The Morgan fingerprint density at radius 3 is 2.33 bits per heavy atom. The Morgan fingerprint density at radius 2 is 1.71 bits per heavy atom. The van der Waals surface area contributed by atoms with Gasteiger partial charge in [-0.25, -0.2) is 13.4 Å². The van der Waals surface area contributed by atoms with E-state index < -0.39 is 9.84 Å². The lowest BCUT2D eigenvalue weighted by Gasteiger charge is -2.03. The van der Waals surface area contributed by atoms with Gasteiger partial charge in [0.15, 0.2) is 10.2 Å². The van der Waals surface area contributed by atoms with E-state index in [0.29, 0.717) is 5.13 Å². The van der Waals surface area contributed by atoms with E-state index in [1.165, 1.54) is 0 Å². The molecule has 8 heteroatoms. The predicted molar refractivity (Wildman–Crippen MR) is 101 cm³/mol. The van der Waals surface area contributed by atoms with Crippen LogP contribution in [0.15, 0.2) is 62.9 Å². The van der Waals surface area contributed by atoms with Crippen LogP contribution in [0.4, 0.5) is 10.8 Å². The van der Waals surface area contributed by atoms with Gasteiger partial charge in [0.05, 0.1) is 4.90 Å². The van der Waals surface area contributed by atoms with Crippen LogP contribution in [-0.2, 0) is 9.84 Å². The van der Waals surface area contributed by atoms with Crippen molar-refractivity contribution < 1.29 is 8.42 Å². The van der Waals surface area contributed by atoms with Crippen LogP contribution in [0.2, 0.25) is 4.34 Å². The van der Waals surface area contributed by atoms with Gasteiger partial charge in [0.2, 0.25) is 9.84 Å². The zero-order valence-corrected chi connectivity index (χ0v) is 16.4. The largest absolute Gasteiger partial charge is 0.331 e. The second kappa shape index (κ2) is 6.84. The fraction of sp³-hybridized carbons (Fsp3) is 0.0625. The van der Waals surface area contributed by atoms with Gasteiger partial charge in [-0.1, -0.05) is 56.6 Å². The third-order valence-electron chi connectivity index (χ3n) is 3.24. The van der Waals surface area contributed by atoms with E-state index in [9.17, 15) is 8.42 Å². The molecule has 0 aliphatic heterocycles. The maximum Gasteiger partial charge on any atom is 0.226 e. The number of sulfone groups is 1. The van der Waals surface area contributed by atoms with Crippen LogP contribution in [-0.4, -0.2) is 13.4 Å². The van der Waals surface area contributed by atoms with Gasteiger partial charge in [-0.15, -0.1) is 0 Å². The highest BCUT2D eigenvalue weighted by atomic mass is 79.9. The lowest BCUT2D eigenvalue weighted by Crippen LogP contribution is -2.03. The third kappa shape index (κ3) is 3.64. The first-order valence-corrected chi connectivity index (χ1v) is 10.3. The van der Waals surface area contributed by atoms with Crippen molar-refractivity contribution >= 4 is 59.5 Å². The van der Waals surface area contributed by atoms with Crippen molar-refractivity contribution in [2.45, 2.75) is 16.8 Å². The minimum absolute atomic E-state index is 0.127. The monoisotopic (exact) mass is 442 g/mol. The third-order valence-corrected chi connectivity index (χ3v) is 6.88. The van der Waals surface area contributed by atoms with Crippen molar-refractivity contribution in [2.75, 3.05) is 5.32 Å².